The molecule has 0 aliphatic rings. The van der Waals surface area contributed by atoms with Crippen molar-refractivity contribution in [2.75, 3.05) is 0 Å². The number of aromatic nitrogens is 1. The summed E-state index contributed by atoms with van der Waals surface area (Å²) in [6.07, 6.45) is 1.25. The van der Waals surface area contributed by atoms with Crippen LogP contribution < -0.4 is 5.32 Å². The normalized spacial score (nSPS) is 10.2. The van der Waals surface area contributed by atoms with E-state index in [1.165, 1.54) is 12.3 Å². The molecule has 0 atom stereocenters. The van der Waals surface area contributed by atoms with E-state index in [0.29, 0.717) is 0 Å². The fraction of sp³-hybridized carbons (Fsp3) is 0.333. The third kappa shape index (κ3) is 2.66. The second-order valence-electron chi connectivity index (χ2n) is 3.38. The van der Waals surface area contributed by atoms with Gasteiger partial charge in [-0.25, -0.2) is 4.98 Å². The van der Waals surface area contributed by atoms with Crippen LogP contribution in [-0.4, -0.2) is 21.9 Å². The van der Waals surface area contributed by atoms with E-state index >= 15 is 0 Å². The molecule has 0 unspecified atom stereocenters. The standard InChI is InChI=1S/C9H10ClN3O3/c1-5(2)12-9(14)6-3-4-11-8(10)7(6)13(15)16/h3-5H,1-2H3,(H,12,14). The Labute approximate surface area is 96.8 Å². The second-order valence-corrected chi connectivity index (χ2v) is 3.74. The summed E-state index contributed by atoms with van der Waals surface area (Å²) in [5.41, 5.74) is -0.555. The number of hydrogen-bond donors (Lipinski definition) is 1. The van der Waals surface area contributed by atoms with Gasteiger partial charge in [0.25, 0.3) is 5.91 Å². The first-order valence-electron chi connectivity index (χ1n) is 4.53. The summed E-state index contributed by atoms with van der Waals surface area (Å²) in [7, 11) is 0. The number of rotatable bonds is 3. The fourth-order valence-corrected chi connectivity index (χ4v) is 1.35. The van der Waals surface area contributed by atoms with Crippen molar-refractivity contribution in [1.82, 2.24) is 10.3 Å². The highest BCUT2D eigenvalue weighted by Crippen LogP contribution is 2.25. The summed E-state index contributed by atoms with van der Waals surface area (Å²) >= 11 is 5.57. The van der Waals surface area contributed by atoms with Gasteiger partial charge in [-0.15, -0.1) is 0 Å². The number of nitrogens with zero attached hydrogens (tertiary/aromatic N) is 2. The van der Waals surface area contributed by atoms with Crippen LogP contribution in [-0.2, 0) is 0 Å². The van der Waals surface area contributed by atoms with E-state index in [4.69, 9.17) is 11.6 Å². The SMILES string of the molecule is CC(C)NC(=O)c1ccnc(Cl)c1[N+](=O)[O-]. The topological polar surface area (TPSA) is 85.1 Å². The zero-order valence-electron chi connectivity index (χ0n) is 8.73. The molecule has 1 aromatic rings. The highest BCUT2D eigenvalue weighted by atomic mass is 35.5. The highest BCUT2D eigenvalue weighted by Gasteiger charge is 2.24. The molecule has 0 aliphatic carbocycles. The molecule has 1 aromatic heterocycles. The van der Waals surface area contributed by atoms with Gasteiger partial charge in [-0.3, -0.25) is 14.9 Å². The predicted molar refractivity (Wildman–Crippen MR) is 58.5 cm³/mol. The number of hydrogen-bond acceptors (Lipinski definition) is 4. The lowest BCUT2D eigenvalue weighted by molar-refractivity contribution is -0.385. The van der Waals surface area contributed by atoms with Crippen molar-refractivity contribution in [2.24, 2.45) is 0 Å². The molecule has 0 fully saturated rings. The van der Waals surface area contributed by atoms with Crippen molar-refractivity contribution < 1.29 is 9.72 Å². The minimum absolute atomic E-state index is 0.0845. The van der Waals surface area contributed by atoms with Crippen LogP contribution >= 0.6 is 11.6 Å². The van der Waals surface area contributed by atoms with Crippen LogP contribution in [0.2, 0.25) is 5.15 Å². The molecule has 1 amide bonds. The van der Waals surface area contributed by atoms with Crippen molar-refractivity contribution in [1.29, 1.82) is 0 Å². The average molecular weight is 244 g/mol. The zero-order chi connectivity index (χ0) is 12.3. The van der Waals surface area contributed by atoms with E-state index in [9.17, 15) is 14.9 Å². The third-order valence-corrected chi connectivity index (χ3v) is 2.00. The van der Waals surface area contributed by atoms with Crippen molar-refractivity contribution in [3.63, 3.8) is 0 Å². The Kier molecular flexibility index (Phi) is 3.78. The Bertz CT molecular complexity index is 434. The number of amides is 1. The first-order chi connectivity index (χ1) is 7.43. The number of carbonyl (C=O) groups excluding carboxylic acids is 1. The summed E-state index contributed by atoms with van der Waals surface area (Å²) in [5.74, 6) is -0.536. The first-order valence-corrected chi connectivity index (χ1v) is 4.91. The van der Waals surface area contributed by atoms with Gasteiger partial charge in [0.15, 0.2) is 0 Å². The van der Waals surface area contributed by atoms with Crippen LogP contribution in [0.1, 0.15) is 24.2 Å². The molecule has 0 saturated carbocycles. The number of pyridine rings is 1. The van der Waals surface area contributed by atoms with Crippen molar-refractivity contribution in [3.8, 4) is 0 Å². The van der Waals surface area contributed by atoms with Crippen LogP contribution in [0.5, 0.6) is 0 Å². The highest BCUT2D eigenvalue weighted by molar-refractivity contribution is 6.32. The molecule has 86 valence electrons. The molecule has 0 saturated heterocycles. The lowest BCUT2D eigenvalue weighted by Gasteiger charge is -2.08. The maximum atomic E-state index is 11.6. The number of halogens is 1. The quantitative estimate of drug-likeness (QED) is 0.498. The zero-order valence-corrected chi connectivity index (χ0v) is 9.49. The lowest BCUT2D eigenvalue weighted by Crippen LogP contribution is -2.30. The van der Waals surface area contributed by atoms with Crippen LogP contribution in [0.25, 0.3) is 0 Å². The minimum atomic E-state index is -0.718. The number of nitro groups is 1. The maximum Gasteiger partial charge on any atom is 0.319 e. The Morgan fingerprint density at radius 2 is 2.25 bits per heavy atom. The summed E-state index contributed by atoms with van der Waals surface area (Å²) in [6.45, 7) is 3.51. The van der Waals surface area contributed by atoms with Gasteiger partial charge in [0, 0.05) is 12.2 Å². The maximum absolute atomic E-state index is 11.6. The van der Waals surface area contributed by atoms with E-state index in [-0.39, 0.29) is 16.8 Å². The van der Waals surface area contributed by atoms with Crippen LogP contribution in [0.3, 0.4) is 0 Å². The van der Waals surface area contributed by atoms with Gasteiger partial charge in [0.1, 0.15) is 5.56 Å². The van der Waals surface area contributed by atoms with E-state index in [0.717, 1.165) is 0 Å². The lowest BCUT2D eigenvalue weighted by atomic mass is 10.2. The molecule has 0 aromatic carbocycles. The average Bonchev–Trinajstić information content (AvgIpc) is 2.15. The van der Waals surface area contributed by atoms with E-state index in [1.807, 2.05) is 0 Å². The molecule has 1 N–H and O–H groups in total. The molecule has 7 heteroatoms. The molecule has 1 heterocycles. The van der Waals surface area contributed by atoms with Crippen LogP contribution in [0.15, 0.2) is 12.3 Å². The minimum Gasteiger partial charge on any atom is -0.350 e. The van der Waals surface area contributed by atoms with Crippen LogP contribution in [0, 0.1) is 10.1 Å². The van der Waals surface area contributed by atoms with Gasteiger partial charge in [-0.2, -0.15) is 0 Å². The Morgan fingerprint density at radius 3 is 2.75 bits per heavy atom. The molecule has 0 radical (unpaired) electrons. The van der Waals surface area contributed by atoms with Gasteiger partial charge in [-0.05, 0) is 19.9 Å². The first kappa shape index (κ1) is 12.4. The van der Waals surface area contributed by atoms with Gasteiger partial charge < -0.3 is 5.32 Å². The van der Waals surface area contributed by atoms with Crippen molar-refractivity contribution in [2.45, 2.75) is 19.9 Å². The van der Waals surface area contributed by atoms with E-state index in [1.54, 1.807) is 13.8 Å². The monoisotopic (exact) mass is 243 g/mol. The van der Waals surface area contributed by atoms with E-state index < -0.39 is 16.5 Å². The Morgan fingerprint density at radius 1 is 1.62 bits per heavy atom. The van der Waals surface area contributed by atoms with Crippen molar-refractivity contribution in [3.05, 3.63) is 33.1 Å². The molecule has 6 nitrogen and oxygen atoms in total. The summed E-state index contributed by atoms with van der Waals surface area (Å²) in [6, 6.07) is 1.15. The summed E-state index contributed by atoms with van der Waals surface area (Å²) in [5, 5.41) is 13.0. The molecule has 16 heavy (non-hydrogen) atoms. The largest absolute Gasteiger partial charge is 0.350 e. The third-order valence-electron chi connectivity index (χ3n) is 1.73. The van der Waals surface area contributed by atoms with Gasteiger partial charge >= 0.3 is 5.69 Å². The van der Waals surface area contributed by atoms with Crippen LogP contribution in [0.4, 0.5) is 5.69 Å². The molecular weight excluding hydrogens is 234 g/mol. The molecule has 0 aliphatic heterocycles. The second kappa shape index (κ2) is 4.89. The number of nitrogens with one attached hydrogen (secondary N) is 1. The molecule has 1 rings (SSSR count). The van der Waals surface area contributed by atoms with Gasteiger partial charge in [-0.1, -0.05) is 11.6 Å². The molecule has 0 bridgehead atoms. The smallest absolute Gasteiger partial charge is 0.319 e. The van der Waals surface area contributed by atoms with Gasteiger partial charge in [0.2, 0.25) is 5.15 Å². The molecular formula is C9H10ClN3O3. The Hall–Kier alpha value is -1.69. The Balaban J connectivity index is 3.18. The predicted octanol–water partition coefficient (Wildman–Crippen LogP) is 1.78. The summed E-state index contributed by atoms with van der Waals surface area (Å²) in [4.78, 5) is 25.2. The van der Waals surface area contributed by atoms with E-state index in [2.05, 4.69) is 10.3 Å². The summed E-state index contributed by atoms with van der Waals surface area (Å²) < 4.78 is 0. The molecule has 0 spiro atoms. The van der Waals surface area contributed by atoms with Gasteiger partial charge in [0.05, 0.1) is 4.92 Å². The fourth-order valence-electron chi connectivity index (χ4n) is 1.13. The van der Waals surface area contributed by atoms with Crippen molar-refractivity contribution >= 4 is 23.2 Å². The number of carbonyl (C=O) groups is 1.